The van der Waals surface area contributed by atoms with Crippen LogP contribution in [0.2, 0.25) is 0 Å². The summed E-state index contributed by atoms with van der Waals surface area (Å²) in [6.07, 6.45) is 0. The fourth-order valence-electron chi connectivity index (χ4n) is 0.489. The van der Waals surface area contributed by atoms with Gasteiger partial charge in [-0.25, -0.2) is 0 Å². The van der Waals surface area contributed by atoms with E-state index in [1.54, 1.807) is 0 Å². The first-order valence-electron chi connectivity index (χ1n) is 2.94. The summed E-state index contributed by atoms with van der Waals surface area (Å²) in [7, 11) is 0. The van der Waals surface area contributed by atoms with Crippen LogP contribution in [0.5, 0.6) is 0 Å². The zero-order valence-electron chi connectivity index (χ0n) is 7.33. The zero-order chi connectivity index (χ0) is 8.85. The molecule has 0 aromatic rings. The molecule has 0 spiro atoms. The van der Waals surface area contributed by atoms with Gasteiger partial charge in [-0.05, 0) is 6.92 Å². The molecule has 0 fully saturated rings. The Hall–Kier alpha value is 0.803. The van der Waals surface area contributed by atoms with Crippen LogP contribution in [-0.4, -0.2) is 21.2 Å². The molecule has 0 aliphatic rings. The van der Waals surface area contributed by atoms with Crippen LogP contribution in [0.3, 0.4) is 0 Å². The molecule has 1 atom stereocenters. The van der Waals surface area contributed by atoms with Crippen molar-refractivity contribution in [1.82, 2.24) is 16.8 Å². The van der Waals surface area contributed by atoms with Gasteiger partial charge in [-0.1, -0.05) is 8.64 Å². The number of hydrogen-bond donors (Lipinski definition) is 3. The summed E-state index contributed by atoms with van der Waals surface area (Å²) in [4.78, 5) is 0. The summed E-state index contributed by atoms with van der Waals surface area (Å²) in [6, 6.07) is 0.167. The third kappa shape index (κ3) is 15.5. The summed E-state index contributed by atoms with van der Waals surface area (Å²) in [6.45, 7) is 2.60. The molecule has 0 aromatic carbocycles. The Morgan fingerprint density at radius 2 is 1.77 bits per heavy atom. The molecule has 1 unspecified atom stereocenters. The SMILES string of the molecule is CC(CNC(=S)[S-])NC(=S)[S-].N.[Zn+2]. The van der Waals surface area contributed by atoms with Crippen molar-refractivity contribution in [3.8, 4) is 0 Å². The smallest absolute Gasteiger partial charge is 0.412 e. The molecule has 0 saturated heterocycles. The quantitative estimate of drug-likeness (QED) is 0.396. The Labute approximate surface area is 113 Å². The van der Waals surface area contributed by atoms with E-state index in [2.05, 4.69) is 60.3 Å². The molecule has 0 aromatic heterocycles. The molecule has 0 rings (SSSR count). The van der Waals surface area contributed by atoms with Gasteiger partial charge in [-0.3, -0.25) is 0 Å². The van der Waals surface area contributed by atoms with E-state index in [4.69, 9.17) is 0 Å². The Morgan fingerprint density at radius 1 is 1.31 bits per heavy atom. The van der Waals surface area contributed by atoms with Gasteiger partial charge < -0.3 is 66.5 Å². The molecule has 5 N–H and O–H groups in total. The van der Waals surface area contributed by atoms with Gasteiger partial charge in [0.2, 0.25) is 0 Å². The van der Waals surface area contributed by atoms with Gasteiger partial charge in [-0.15, -0.1) is 0 Å². The maximum absolute atomic E-state index is 4.67. The molecule has 13 heavy (non-hydrogen) atoms. The van der Waals surface area contributed by atoms with Crippen molar-refractivity contribution in [3.63, 3.8) is 0 Å². The maximum Gasteiger partial charge on any atom is 2.00 e. The Balaban J connectivity index is -0.000000500. The third-order valence-corrected chi connectivity index (χ3v) is 1.44. The van der Waals surface area contributed by atoms with E-state index < -0.39 is 0 Å². The molecule has 0 amide bonds. The monoisotopic (exact) mass is 305 g/mol. The minimum Gasteiger partial charge on any atom is -0.412 e. The standard InChI is InChI=1S/C5H10N2S4.H3N.Zn/c1-3(7-5(10)11)2-6-4(8)9;;/h3H,2H2,1H3,(H2,6,8,9)(H2,7,10,11);1H3;/q;;+2/p-2. The van der Waals surface area contributed by atoms with Crippen LogP contribution in [0, 0.1) is 0 Å². The van der Waals surface area contributed by atoms with Crippen LogP contribution in [0.25, 0.3) is 0 Å². The van der Waals surface area contributed by atoms with Crippen molar-refractivity contribution in [2.24, 2.45) is 0 Å². The average molecular weight is 307 g/mol. The molecule has 3 nitrogen and oxygen atoms in total. The third-order valence-electron chi connectivity index (χ3n) is 0.917. The second-order valence-corrected chi connectivity index (χ2v) is 4.15. The van der Waals surface area contributed by atoms with E-state index in [0.29, 0.717) is 15.2 Å². The van der Waals surface area contributed by atoms with E-state index >= 15 is 0 Å². The molecule has 0 saturated carbocycles. The van der Waals surface area contributed by atoms with Crippen molar-refractivity contribution in [3.05, 3.63) is 0 Å². The van der Waals surface area contributed by atoms with Gasteiger partial charge in [0.05, 0.1) is 0 Å². The summed E-state index contributed by atoms with van der Waals surface area (Å²) in [5.74, 6) is 0. The van der Waals surface area contributed by atoms with Crippen molar-refractivity contribution in [2.45, 2.75) is 13.0 Å². The predicted octanol–water partition coefficient (Wildman–Crippen LogP) is 0.377. The normalized spacial score (nSPS) is 9.92. The van der Waals surface area contributed by atoms with E-state index in [1.807, 2.05) is 6.92 Å². The minimum atomic E-state index is 0. The number of thiocarbonyl (C=S) groups is 2. The molecule has 0 aliphatic heterocycles. The van der Waals surface area contributed by atoms with Gasteiger partial charge in [0.15, 0.2) is 0 Å². The number of rotatable bonds is 3. The fraction of sp³-hybridized carbons (Fsp3) is 0.600. The molecule has 0 bridgehead atoms. The molecule has 72 valence electrons. The van der Waals surface area contributed by atoms with Crippen molar-refractivity contribution < 1.29 is 19.5 Å². The number of nitrogens with one attached hydrogen (secondary N) is 2. The molecule has 0 radical (unpaired) electrons. The summed E-state index contributed by atoms with van der Waals surface area (Å²) >= 11 is 18.6. The van der Waals surface area contributed by atoms with Crippen LogP contribution in [0.4, 0.5) is 0 Å². The van der Waals surface area contributed by atoms with Crippen LogP contribution >= 0.6 is 24.4 Å². The Kier molecular flexibility index (Phi) is 16.2. The van der Waals surface area contributed by atoms with Crippen molar-refractivity contribution in [2.75, 3.05) is 6.54 Å². The fourth-order valence-corrected chi connectivity index (χ4v) is 1.06. The topological polar surface area (TPSA) is 59.1 Å². The summed E-state index contributed by atoms with van der Waals surface area (Å²) in [5.41, 5.74) is 0. The Bertz CT molecular complexity index is 166. The van der Waals surface area contributed by atoms with Crippen molar-refractivity contribution in [1.29, 1.82) is 0 Å². The molecule has 0 aliphatic carbocycles. The van der Waals surface area contributed by atoms with Crippen LogP contribution in [0.15, 0.2) is 0 Å². The summed E-state index contributed by atoms with van der Waals surface area (Å²) in [5, 5.41) is 5.70. The van der Waals surface area contributed by atoms with E-state index in [1.165, 1.54) is 0 Å². The molecular formula is C5H11N3S4Zn. The zero-order valence-corrected chi connectivity index (χ0v) is 13.6. The molecule has 0 heterocycles. The van der Waals surface area contributed by atoms with Gasteiger partial charge in [0, 0.05) is 12.6 Å². The largest absolute Gasteiger partial charge is 2.00 e. The van der Waals surface area contributed by atoms with Crippen molar-refractivity contribution >= 4 is 58.3 Å². The first-order valence-corrected chi connectivity index (χ1v) is 4.58. The first-order chi connectivity index (χ1) is 5.02. The van der Waals surface area contributed by atoms with Gasteiger partial charge in [-0.2, -0.15) is 0 Å². The van der Waals surface area contributed by atoms with E-state index in [-0.39, 0.29) is 31.7 Å². The van der Waals surface area contributed by atoms with E-state index in [0.717, 1.165) is 0 Å². The van der Waals surface area contributed by atoms with Gasteiger partial charge in [0.25, 0.3) is 0 Å². The second-order valence-electron chi connectivity index (χ2n) is 2.00. The van der Waals surface area contributed by atoms with E-state index in [9.17, 15) is 0 Å². The Morgan fingerprint density at radius 3 is 2.08 bits per heavy atom. The summed E-state index contributed by atoms with van der Waals surface area (Å²) < 4.78 is 0.739. The average Bonchev–Trinajstić information content (AvgIpc) is 1.82. The second kappa shape index (κ2) is 10.9. The predicted molar refractivity (Wildman–Crippen MR) is 65.5 cm³/mol. The van der Waals surface area contributed by atoms with Crippen LogP contribution in [-0.2, 0) is 44.7 Å². The van der Waals surface area contributed by atoms with Crippen LogP contribution in [0.1, 0.15) is 6.92 Å². The van der Waals surface area contributed by atoms with Gasteiger partial charge >= 0.3 is 19.5 Å². The first kappa shape index (κ1) is 19.4. The molecule has 8 heteroatoms. The van der Waals surface area contributed by atoms with Crippen LogP contribution < -0.4 is 16.8 Å². The minimum absolute atomic E-state index is 0. The maximum atomic E-state index is 4.67. The van der Waals surface area contributed by atoms with Gasteiger partial charge in [0.1, 0.15) is 0 Å². The number of hydrogen-bond acceptors (Lipinski definition) is 5. The molecular weight excluding hydrogens is 296 g/mol.